The van der Waals surface area contributed by atoms with Crippen LogP contribution in [-0.2, 0) is 4.79 Å². The maximum absolute atomic E-state index is 12.0. The van der Waals surface area contributed by atoms with E-state index < -0.39 is 5.97 Å². The van der Waals surface area contributed by atoms with E-state index >= 15 is 0 Å². The molecule has 0 aromatic heterocycles. The Hall–Kier alpha value is -1.07. The molecule has 0 radical (unpaired) electrons. The van der Waals surface area contributed by atoms with Crippen molar-refractivity contribution in [3.05, 3.63) is 33.3 Å². The fourth-order valence-electron chi connectivity index (χ4n) is 2.24. The molecule has 0 spiro atoms. The van der Waals surface area contributed by atoms with Crippen LogP contribution in [0.25, 0.3) is 0 Å². The molecule has 1 aromatic carbocycles. The van der Waals surface area contributed by atoms with Crippen molar-refractivity contribution in [1.29, 1.82) is 0 Å². The molecule has 4 nitrogen and oxygen atoms in total. The van der Waals surface area contributed by atoms with Gasteiger partial charge in [0.25, 0.3) is 5.91 Å². The third-order valence-electron chi connectivity index (χ3n) is 3.30. The molecule has 0 aliphatic heterocycles. The average molecular weight is 347 g/mol. The van der Waals surface area contributed by atoms with E-state index in [1.807, 2.05) is 0 Å². The molecule has 1 aliphatic rings. The number of nitrogens with one attached hydrogen (secondary N) is 1. The summed E-state index contributed by atoms with van der Waals surface area (Å²) in [6, 6.07) is 4.90. The van der Waals surface area contributed by atoms with Gasteiger partial charge < -0.3 is 10.4 Å². The van der Waals surface area contributed by atoms with E-state index in [0.29, 0.717) is 29.8 Å². The van der Waals surface area contributed by atoms with Crippen LogP contribution in [0.15, 0.2) is 22.7 Å². The van der Waals surface area contributed by atoms with Gasteiger partial charge in [0, 0.05) is 16.1 Å². The normalized spacial score (nSPS) is 22.2. The molecule has 19 heavy (non-hydrogen) atoms. The zero-order valence-electron chi connectivity index (χ0n) is 10.0. The number of carbonyl (C=O) groups excluding carboxylic acids is 1. The predicted octanol–water partition coefficient (Wildman–Crippen LogP) is 3.09. The Labute approximate surface area is 124 Å². The van der Waals surface area contributed by atoms with Crippen molar-refractivity contribution in [2.75, 3.05) is 0 Å². The van der Waals surface area contributed by atoms with Crippen molar-refractivity contribution in [1.82, 2.24) is 5.32 Å². The van der Waals surface area contributed by atoms with Crippen LogP contribution < -0.4 is 5.32 Å². The van der Waals surface area contributed by atoms with E-state index in [0.717, 1.165) is 4.47 Å². The van der Waals surface area contributed by atoms with Crippen LogP contribution in [-0.4, -0.2) is 23.0 Å². The number of rotatable bonds is 3. The molecule has 1 aliphatic carbocycles. The van der Waals surface area contributed by atoms with Gasteiger partial charge in [-0.3, -0.25) is 9.59 Å². The van der Waals surface area contributed by atoms with Crippen molar-refractivity contribution in [2.45, 2.75) is 25.3 Å². The molecule has 1 amide bonds. The van der Waals surface area contributed by atoms with Gasteiger partial charge in [-0.25, -0.2) is 0 Å². The van der Waals surface area contributed by atoms with Crippen molar-refractivity contribution >= 4 is 39.4 Å². The summed E-state index contributed by atoms with van der Waals surface area (Å²) in [5, 5.41) is 12.2. The van der Waals surface area contributed by atoms with Crippen LogP contribution in [0.5, 0.6) is 0 Å². The Morgan fingerprint density at radius 3 is 2.68 bits per heavy atom. The van der Waals surface area contributed by atoms with Gasteiger partial charge in [-0.05, 0) is 53.4 Å². The number of hydrogen-bond acceptors (Lipinski definition) is 2. The zero-order chi connectivity index (χ0) is 14.0. The fraction of sp³-hybridized carbons (Fsp3) is 0.385. The Kier molecular flexibility index (Phi) is 4.47. The minimum Gasteiger partial charge on any atom is -0.481 e. The van der Waals surface area contributed by atoms with E-state index in [2.05, 4.69) is 21.2 Å². The third-order valence-corrected chi connectivity index (χ3v) is 4.53. The highest BCUT2D eigenvalue weighted by Gasteiger charge is 2.30. The lowest BCUT2D eigenvalue weighted by Crippen LogP contribution is -2.33. The SMILES string of the molecule is O=C(NC1CCC(C(=O)O)C1)c1ccc(Br)c(Cl)c1. The second-order valence-corrected chi connectivity index (χ2v) is 5.91. The lowest BCUT2D eigenvalue weighted by atomic mass is 10.1. The first-order valence-corrected chi connectivity index (χ1v) is 7.13. The van der Waals surface area contributed by atoms with Crippen LogP contribution in [0.1, 0.15) is 29.6 Å². The molecule has 1 fully saturated rings. The molecule has 6 heteroatoms. The van der Waals surface area contributed by atoms with Gasteiger partial charge in [-0.2, -0.15) is 0 Å². The Morgan fingerprint density at radius 2 is 2.11 bits per heavy atom. The van der Waals surface area contributed by atoms with Crippen LogP contribution in [0.2, 0.25) is 5.02 Å². The van der Waals surface area contributed by atoms with Crippen LogP contribution >= 0.6 is 27.5 Å². The molecule has 2 atom stereocenters. The molecule has 2 unspecified atom stereocenters. The molecule has 0 saturated heterocycles. The number of aliphatic carboxylic acids is 1. The van der Waals surface area contributed by atoms with Crippen LogP contribution in [0.3, 0.4) is 0 Å². The highest BCUT2D eigenvalue weighted by molar-refractivity contribution is 9.10. The molecule has 0 heterocycles. The first-order valence-electron chi connectivity index (χ1n) is 5.96. The van der Waals surface area contributed by atoms with Gasteiger partial charge in [0.15, 0.2) is 0 Å². The number of carboxylic acids is 1. The van der Waals surface area contributed by atoms with Crippen molar-refractivity contribution in [3.63, 3.8) is 0 Å². The summed E-state index contributed by atoms with van der Waals surface area (Å²) in [6.45, 7) is 0. The minimum absolute atomic E-state index is 0.0731. The number of halogens is 2. The van der Waals surface area contributed by atoms with E-state index in [4.69, 9.17) is 16.7 Å². The molecular formula is C13H13BrClNO3. The van der Waals surface area contributed by atoms with E-state index in [1.54, 1.807) is 18.2 Å². The topological polar surface area (TPSA) is 66.4 Å². The maximum atomic E-state index is 12.0. The largest absolute Gasteiger partial charge is 0.481 e. The van der Waals surface area contributed by atoms with Gasteiger partial charge >= 0.3 is 5.97 Å². The standard InChI is InChI=1S/C13H13BrClNO3/c14-10-4-2-7(6-11(10)15)12(17)16-9-3-1-8(5-9)13(18)19/h2,4,6,8-9H,1,3,5H2,(H,16,17)(H,18,19). The first kappa shape index (κ1) is 14.3. The third kappa shape index (κ3) is 3.48. The van der Waals surface area contributed by atoms with Crippen molar-refractivity contribution in [3.8, 4) is 0 Å². The molecule has 0 bridgehead atoms. The van der Waals surface area contributed by atoms with Gasteiger partial charge in [0.2, 0.25) is 0 Å². The molecule has 2 rings (SSSR count). The summed E-state index contributed by atoms with van der Waals surface area (Å²) in [4.78, 5) is 22.9. The van der Waals surface area contributed by atoms with E-state index in [9.17, 15) is 9.59 Å². The Balaban J connectivity index is 1.98. The predicted molar refractivity (Wildman–Crippen MR) is 75.4 cm³/mol. The zero-order valence-corrected chi connectivity index (χ0v) is 12.4. The maximum Gasteiger partial charge on any atom is 0.306 e. The fourth-order valence-corrected chi connectivity index (χ4v) is 2.67. The second-order valence-electron chi connectivity index (χ2n) is 4.65. The molecule has 102 valence electrons. The second kappa shape index (κ2) is 5.92. The van der Waals surface area contributed by atoms with Crippen LogP contribution in [0.4, 0.5) is 0 Å². The minimum atomic E-state index is -0.788. The monoisotopic (exact) mass is 345 g/mol. The number of benzene rings is 1. The summed E-state index contributed by atoms with van der Waals surface area (Å²) in [6.07, 6.45) is 1.81. The summed E-state index contributed by atoms with van der Waals surface area (Å²) in [5.41, 5.74) is 0.479. The van der Waals surface area contributed by atoms with Gasteiger partial charge in [-0.1, -0.05) is 11.6 Å². The quantitative estimate of drug-likeness (QED) is 0.884. The van der Waals surface area contributed by atoms with Gasteiger partial charge in [0.05, 0.1) is 10.9 Å². The van der Waals surface area contributed by atoms with Crippen LogP contribution in [0, 0.1) is 5.92 Å². The number of carboxylic acid groups (broad SMARTS) is 1. The smallest absolute Gasteiger partial charge is 0.306 e. The van der Waals surface area contributed by atoms with Gasteiger partial charge in [-0.15, -0.1) is 0 Å². The van der Waals surface area contributed by atoms with Crippen molar-refractivity contribution in [2.24, 2.45) is 5.92 Å². The van der Waals surface area contributed by atoms with E-state index in [1.165, 1.54) is 0 Å². The van der Waals surface area contributed by atoms with Gasteiger partial charge in [0.1, 0.15) is 0 Å². The summed E-state index contributed by atoms with van der Waals surface area (Å²) >= 11 is 9.20. The van der Waals surface area contributed by atoms with E-state index in [-0.39, 0.29) is 17.9 Å². The first-order chi connectivity index (χ1) is 8.97. The number of hydrogen-bond donors (Lipinski definition) is 2. The molecule has 1 saturated carbocycles. The Bertz CT molecular complexity index is 521. The highest BCUT2D eigenvalue weighted by atomic mass is 79.9. The lowest BCUT2D eigenvalue weighted by Gasteiger charge is -2.12. The number of amides is 1. The highest BCUT2D eigenvalue weighted by Crippen LogP contribution is 2.27. The molecule has 2 N–H and O–H groups in total. The Morgan fingerprint density at radius 1 is 1.37 bits per heavy atom. The average Bonchev–Trinajstić information content (AvgIpc) is 2.81. The van der Waals surface area contributed by atoms with Crippen molar-refractivity contribution < 1.29 is 14.7 Å². The molecule has 1 aromatic rings. The summed E-state index contributed by atoms with van der Waals surface area (Å²) in [7, 11) is 0. The summed E-state index contributed by atoms with van der Waals surface area (Å²) in [5.74, 6) is -1.35. The summed E-state index contributed by atoms with van der Waals surface area (Å²) < 4.78 is 0.734. The number of carbonyl (C=O) groups is 2. The molecular weight excluding hydrogens is 334 g/mol. The lowest BCUT2D eigenvalue weighted by molar-refractivity contribution is -0.141.